The molecule has 0 amide bonds. The standard InChI is InChI=1S/C20H38NO2/c1-4-21(5-2,6-3)15-16-23-20(22)19(17-11-7-8-12-17)18-13-9-10-14-18/h17-19H,4-16H2,1-3H3/q+1. The van der Waals surface area contributed by atoms with Gasteiger partial charge in [0, 0.05) is 0 Å². The van der Waals surface area contributed by atoms with E-state index in [2.05, 4.69) is 20.8 Å². The molecule has 3 nitrogen and oxygen atoms in total. The van der Waals surface area contributed by atoms with Crippen LogP contribution in [0.4, 0.5) is 0 Å². The quantitative estimate of drug-likeness (QED) is 0.464. The maximum absolute atomic E-state index is 12.8. The van der Waals surface area contributed by atoms with E-state index in [4.69, 9.17) is 4.74 Å². The van der Waals surface area contributed by atoms with Gasteiger partial charge < -0.3 is 9.22 Å². The summed E-state index contributed by atoms with van der Waals surface area (Å²) in [7, 11) is 0. The molecule has 0 spiro atoms. The zero-order valence-electron chi connectivity index (χ0n) is 15.7. The predicted molar refractivity (Wildman–Crippen MR) is 95.1 cm³/mol. The van der Waals surface area contributed by atoms with E-state index in [0.717, 1.165) is 30.7 Å². The zero-order chi connectivity index (χ0) is 16.7. The first-order valence-electron chi connectivity index (χ1n) is 10.2. The lowest BCUT2D eigenvalue weighted by Gasteiger charge is -2.36. The summed E-state index contributed by atoms with van der Waals surface area (Å²) in [6.45, 7) is 11.7. The fraction of sp³-hybridized carbons (Fsp3) is 0.950. The van der Waals surface area contributed by atoms with Crippen molar-refractivity contribution in [3.8, 4) is 0 Å². The molecule has 0 aromatic rings. The molecule has 2 rings (SSSR count). The largest absolute Gasteiger partial charge is 0.459 e. The average Bonchev–Trinajstić information content (AvgIpc) is 3.27. The first-order valence-corrected chi connectivity index (χ1v) is 10.2. The monoisotopic (exact) mass is 324 g/mol. The molecule has 2 aliphatic carbocycles. The molecule has 0 saturated heterocycles. The van der Waals surface area contributed by atoms with Gasteiger partial charge in [0.2, 0.25) is 0 Å². The van der Waals surface area contributed by atoms with Gasteiger partial charge in [-0.2, -0.15) is 0 Å². The second-order valence-corrected chi connectivity index (χ2v) is 7.80. The van der Waals surface area contributed by atoms with Crippen molar-refractivity contribution in [2.24, 2.45) is 17.8 Å². The van der Waals surface area contributed by atoms with E-state index in [1.807, 2.05) is 0 Å². The molecule has 0 radical (unpaired) electrons. The predicted octanol–water partition coefficient (Wildman–Crippen LogP) is 4.40. The third kappa shape index (κ3) is 4.71. The summed E-state index contributed by atoms with van der Waals surface area (Å²) in [5, 5.41) is 0. The summed E-state index contributed by atoms with van der Waals surface area (Å²) in [4.78, 5) is 12.8. The Morgan fingerprint density at radius 3 is 1.74 bits per heavy atom. The molecule has 23 heavy (non-hydrogen) atoms. The minimum Gasteiger partial charge on any atom is -0.459 e. The molecule has 0 bridgehead atoms. The highest BCUT2D eigenvalue weighted by atomic mass is 16.5. The molecule has 3 heteroatoms. The normalized spacial score (nSPS) is 20.5. The van der Waals surface area contributed by atoms with Crippen LogP contribution in [0.3, 0.4) is 0 Å². The number of quaternary nitrogens is 1. The number of nitrogens with zero attached hydrogens (tertiary/aromatic N) is 1. The van der Waals surface area contributed by atoms with E-state index in [9.17, 15) is 4.79 Å². The van der Waals surface area contributed by atoms with Crippen LogP contribution in [-0.4, -0.2) is 43.2 Å². The first-order chi connectivity index (χ1) is 11.2. The minimum absolute atomic E-state index is 0.130. The van der Waals surface area contributed by atoms with Crippen molar-refractivity contribution in [2.75, 3.05) is 32.8 Å². The molecule has 2 fully saturated rings. The minimum atomic E-state index is 0.130. The summed E-state index contributed by atoms with van der Waals surface area (Å²) >= 11 is 0. The van der Waals surface area contributed by atoms with Gasteiger partial charge in [0.05, 0.1) is 25.6 Å². The van der Waals surface area contributed by atoms with Crippen LogP contribution in [0.2, 0.25) is 0 Å². The molecule has 0 heterocycles. The maximum atomic E-state index is 12.8. The Morgan fingerprint density at radius 2 is 1.35 bits per heavy atom. The van der Waals surface area contributed by atoms with Crippen LogP contribution in [0.1, 0.15) is 72.1 Å². The Labute approximate surface area is 143 Å². The summed E-state index contributed by atoms with van der Waals surface area (Å²) < 4.78 is 6.90. The van der Waals surface area contributed by atoms with Crippen LogP contribution in [0.25, 0.3) is 0 Å². The van der Waals surface area contributed by atoms with Crippen molar-refractivity contribution < 1.29 is 14.0 Å². The molecule has 0 aromatic carbocycles. The molecule has 0 N–H and O–H groups in total. The van der Waals surface area contributed by atoms with Crippen molar-refractivity contribution in [3.63, 3.8) is 0 Å². The van der Waals surface area contributed by atoms with Crippen LogP contribution < -0.4 is 0 Å². The summed E-state index contributed by atoms with van der Waals surface area (Å²) in [5.41, 5.74) is 0. The van der Waals surface area contributed by atoms with Crippen molar-refractivity contribution in [1.29, 1.82) is 0 Å². The van der Waals surface area contributed by atoms with Gasteiger partial charge in [-0.15, -0.1) is 0 Å². The first kappa shape index (κ1) is 18.8. The van der Waals surface area contributed by atoms with Crippen LogP contribution >= 0.6 is 0 Å². The Hall–Kier alpha value is -0.570. The number of likely N-dealkylation sites (N-methyl/N-ethyl adjacent to an activating group) is 1. The fourth-order valence-corrected chi connectivity index (χ4v) is 4.98. The van der Waals surface area contributed by atoms with Crippen LogP contribution in [-0.2, 0) is 9.53 Å². The second-order valence-electron chi connectivity index (χ2n) is 7.80. The van der Waals surface area contributed by atoms with E-state index in [1.165, 1.54) is 51.4 Å². The van der Waals surface area contributed by atoms with Crippen molar-refractivity contribution in [2.45, 2.75) is 72.1 Å². The molecule has 0 atom stereocenters. The van der Waals surface area contributed by atoms with E-state index in [-0.39, 0.29) is 11.9 Å². The van der Waals surface area contributed by atoms with Gasteiger partial charge >= 0.3 is 5.97 Å². The third-order valence-corrected chi connectivity index (χ3v) is 6.91. The highest BCUT2D eigenvalue weighted by Crippen LogP contribution is 2.42. The molecule has 2 aliphatic rings. The number of hydrogen-bond donors (Lipinski definition) is 0. The number of esters is 1. The average molecular weight is 325 g/mol. The van der Waals surface area contributed by atoms with Crippen LogP contribution in [0, 0.1) is 17.8 Å². The van der Waals surface area contributed by atoms with E-state index in [1.54, 1.807) is 0 Å². The highest BCUT2D eigenvalue weighted by Gasteiger charge is 2.39. The fourth-order valence-electron chi connectivity index (χ4n) is 4.98. The van der Waals surface area contributed by atoms with E-state index in [0.29, 0.717) is 18.4 Å². The Morgan fingerprint density at radius 1 is 0.913 bits per heavy atom. The van der Waals surface area contributed by atoms with Crippen molar-refractivity contribution in [1.82, 2.24) is 0 Å². The molecule has 0 aromatic heterocycles. The second kappa shape index (κ2) is 9.05. The molecule has 0 unspecified atom stereocenters. The van der Waals surface area contributed by atoms with Gasteiger partial charge in [0.1, 0.15) is 13.2 Å². The van der Waals surface area contributed by atoms with Gasteiger partial charge in [-0.1, -0.05) is 25.7 Å². The Balaban J connectivity index is 1.89. The van der Waals surface area contributed by atoms with Gasteiger partial charge in [0.25, 0.3) is 0 Å². The van der Waals surface area contributed by atoms with E-state index < -0.39 is 0 Å². The number of carbonyl (C=O) groups is 1. The van der Waals surface area contributed by atoms with Gasteiger partial charge in [0.15, 0.2) is 0 Å². The summed E-state index contributed by atoms with van der Waals surface area (Å²) in [5.74, 6) is 1.54. The van der Waals surface area contributed by atoms with Crippen LogP contribution in [0.15, 0.2) is 0 Å². The Kier molecular flexibility index (Phi) is 7.39. The molecule has 2 saturated carbocycles. The number of carbonyl (C=O) groups excluding carboxylic acids is 1. The number of rotatable bonds is 9. The number of ether oxygens (including phenoxy) is 1. The molecule has 0 aliphatic heterocycles. The molecular formula is C20H38NO2+. The van der Waals surface area contributed by atoms with Gasteiger partial charge in [-0.25, -0.2) is 0 Å². The summed E-state index contributed by atoms with van der Waals surface area (Å²) in [6.07, 6.45) is 10.2. The van der Waals surface area contributed by atoms with Crippen LogP contribution in [0.5, 0.6) is 0 Å². The van der Waals surface area contributed by atoms with E-state index >= 15 is 0 Å². The topological polar surface area (TPSA) is 26.3 Å². The Bertz CT molecular complexity index is 328. The maximum Gasteiger partial charge on any atom is 0.309 e. The van der Waals surface area contributed by atoms with Gasteiger partial charge in [-0.05, 0) is 58.3 Å². The SMILES string of the molecule is CC[N+](CC)(CC)CCOC(=O)C(C1CCCC1)C1CCCC1. The molecular weight excluding hydrogens is 286 g/mol. The lowest BCUT2D eigenvalue weighted by molar-refractivity contribution is -0.923. The smallest absolute Gasteiger partial charge is 0.309 e. The third-order valence-electron chi connectivity index (χ3n) is 6.91. The van der Waals surface area contributed by atoms with Gasteiger partial charge in [-0.3, -0.25) is 4.79 Å². The number of hydrogen-bond acceptors (Lipinski definition) is 2. The lowest BCUT2D eigenvalue weighted by atomic mass is 9.79. The zero-order valence-corrected chi connectivity index (χ0v) is 15.7. The summed E-state index contributed by atoms with van der Waals surface area (Å²) in [6, 6.07) is 0. The lowest BCUT2D eigenvalue weighted by Crippen LogP contribution is -2.50. The van der Waals surface area contributed by atoms with Crippen molar-refractivity contribution >= 4 is 5.97 Å². The van der Waals surface area contributed by atoms with Crippen molar-refractivity contribution in [3.05, 3.63) is 0 Å². The molecule has 134 valence electrons. The highest BCUT2D eigenvalue weighted by molar-refractivity contribution is 5.73.